The lowest BCUT2D eigenvalue weighted by Crippen LogP contribution is -1.60. The number of hydrogen-bond donors (Lipinski definition) is 0. The van der Waals surface area contributed by atoms with Crippen LogP contribution in [0.4, 0.5) is 0 Å². The Morgan fingerprint density at radius 3 is 0.324 bits per heavy atom. The minimum atomic E-state index is 0. The van der Waals surface area contributed by atoms with Crippen LogP contribution < -0.4 is 0 Å². The van der Waals surface area contributed by atoms with E-state index >= 15 is 0 Å². The van der Waals surface area contributed by atoms with Crippen LogP contribution in [0.2, 0.25) is 40.2 Å². The van der Waals surface area contributed by atoms with Gasteiger partial charge in [0, 0.05) is 40.2 Å². The zero-order chi connectivity index (χ0) is 23.9. The van der Waals surface area contributed by atoms with Crippen molar-refractivity contribution in [2.45, 2.75) is 0 Å². The Morgan fingerprint density at radius 1 is 0.206 bits per heavy atom. The van der Waals surface area contributed by atoms with Gasteiger partial charge in [-0.05, 0) is 97.1 Å². The molecule has 0 N–H and O–H groups in total. The minimum Gasteiger partial charge on any atom is -0.197 e. The lowest BCUT2D eigenvalue weighted by Gasteiger charge is -1.86. The minimum absolute atomic E-state index is 0. The summed E-state index contributed by atoms with van der Waals surface area (Å²) in [7, 11) is 0. The first kappa shape index (κ1) is 36.1. The molecule has 4 aromatic rings. The Morgan fingerprint density at radius 2 is 0.265 bits per heavy atom. The second-order valence-corrected chi connectivity index (χ2v) is 9.24. The van der Waals surface area contributed by atoms with Crippen LogP contribution in [0.25, 0.3) is 0 Å². The monoisotopic (exact) mass is 652 g/mol. The molecule has 0 saturated carbocycles. The number of benzene rings is 4. The topological polar surface area (TPSA) is 0 Å². The van der Waals surface area contributed by atoms with Crippen molar-refractivity contribution in [1.29, 1.82) is 0 Å². The predicted molar refractivity (Wildman–Crippen MR) is 167 cm³/mol. The van der Waals surface area contributed by atoms with Gasteiger partial charge in [0.15, 0.2) is 0 Å². The first-order chi connectivity index (χ1) is 15.2. The molecule has 34 heavy (non-hydrogen) atoms. The second kappa shape index (κ2) is 21.0. The predicted octanol–water partition coefficient (Wildman–Crippen LogP) is 12.2. The Bertz CT molecular complexity index is 767. The molecule has 0 aliphatic heterocycles. The van der Waals surface area contributed by atoms with Gasteiger partial charge in [0.25, 0.3) is 0 Å². The highest BCUT2D eigenvalue weighted by Gasteiger charge is 1.86. The Kier molecular flexibility index (Phi) is 22.3. The normalized spacial score (nSPS) is 8.71. The third-order valence-corrected chi connectivity index (χ3v) is 5.23. The van der Waals surface area contributed by atoms with Crippen molar-refractivity contribution in [3.05, 3.63) is 137 Å². The quantitative estimate of drug-likeness (QED) is 0.177. The number of rotatable bonds is 0. The molecule has 0 aliphatic rings. The van der Waals surface area contributed by atoms with Gasteiger partial charge in [0.05, 0.1) is 0 Å². The van der Waals surface area contributed by atoms with E-state index in [-0.39, 0.29) is 27.0 Å². The lowest BCUT2D eigenvalue weighted by atomic mass is 10.4. The van der Waals surface area contributed by atoms with Gasteiger partial charge >= 0.3 is 0 Å². The summed E-state index contributed by atoms with van der Waals surface area (Å²) >= 11 is 44.4. The van der Waals surface area contributed by atoms with Crippen LogP contribution in [-0.2, 0) is 0 Å². The molecule has 0 unspecified atom stereocenters. The highest BCUT2D eigenvalue weighted by atomic mass is 35.5. The molecule has 4 rings (SSSR count). The first-order valence-corrected chi connectivity index (χ1v) is 11.8. The largest absolute Gasteiger partial charge is 0.197 e. The average Bonchev–Trinajstić information content (AvgIpc) is 2.78. The van der Waals surface area contributed by atoms with Gasteiger partial charge in [-0.1, -0.05) is 92.8 Å². The fourth-order valence-electron chi connectivity index (χ4n) is 1.72. The van der Waals surface area contributed by atoms with Crippen LogP contribution in [0.15, 0.2) is 97.1 Å². The molecule has 0 aliphatic carbocycles. The maximum atomic E-state index is 5.55. The van der Waals surface area contributed by atoms with Crippen LogP contribution in [0.1, 0.15) is 0 Å². The van der Waals surface area contributed by atoms with Gasteiger partial charge in [-0.3, -0.25) is 0 Å². The molecule has 0 atom stereocenters. The molecule has 0 heterocycles. The number of halogens is 8. The van der Waals surface area contributed by atoms with Crippen LogP contribution in [0.3, 0.4) is 0 Å². The van der Waals surface area contributed by atoms with Crippen LogP contribution in [0, 0.1) is 0 Å². The molecular weight excluding hydrogens is 636 g/mol. The molecule has 0 amide bonds. The van der Waals surface area contributed by atoms with Crippen molar-refractivity contribution in [3.8, 4) is 0 Å². The van der Waals surface area contributed by atoms with Gasteiger partial charge in [-0.15, -0.1) is 0 Å². The van der Waals surface area contributed by atoms with Crippen molar-refractivity contribution in [3.63, 3.8) is 0 Å². The summed E-state index contributed by atoms with van der Waals surface area (Å²) in [5, 5.41) is 5.74. The van der Waals surface area contributed by atoms with Crippen LogP contribution >= 0.6 is 120 Å². The molecular formula is C24H20Cl8S2. The van der Waals surface area contributed by atoms with Crippen molar-refractivity contribution >= 4 is 120 Å². The highest BCUT2D eigenvalue weighted by Crippen LogP contribution is 2.14. The third-order valence-electron chi connectivity index (χ3n) is 3.21. The summed E-state index contributed by atoms with van der Waals surface area (Å²) in [5.74, 6) is 0. The number of hydrogen-bond acceptors (Lipinski definition) is 0. The SMILES string of the molecule is Clc1ccc(Cl)cc1.Clc1ccc(Cl)cc1.Clc1ccc(Cl)cc1.Clc1ccc(Cl)cc1.S.S. The molecule has 0 saturated heterocycles. The van der Waals surface area contributed by atoms with Crippen molar-refractivity contribution in [1.82, 2.24) is 0 Å². The Labute approximate surface area is 254 Å². The molecule has 184 valence electrons. The zero-order valence-electron chi connectivity index (χ0n) is 17.3. The highest BCUT2D eigenvalue weighted by molar-refractivity contribution is 7.59. The fraction of sp³-hybridized carbons (Fsp3) is 0. The van der Waals surface area contributed by atoms with E-state index in [9.17, 15) is 0 Å². The van der Waals surface area contributed by atoms with E-state index in [0.717, 1.165) is 40.2 Å². The van der Waals surface area contributed by atoms with Crippen LogP contribution in [-0.4, -0.2) is 0 Å². The molecule has 0 aromatic heterocycles. The van der Waals surface area contributed by atoms with Gasteiger partial charge in [-0.25, -0.2) is 0 Å². The van der Waals surface area contributed by atoms with Crippen molar-refractivity contribution < 1.29 is 0 Å². The van der Waals surface area contributed by atoms with Crippen molar-refractivity contribution in [2.24, 2.45) is 0 Å². The van der Waals surface area contributed by atoms with E-state index in [1.165, 1.54) is 0 Å². The third kappa shape index (κ3) is 19.1. The van der Waals surface area contributed by atoms with Gasteiger partial charge in [0.1, 0.15) is 0 Å². The van der Waals surface area contributed by atoms with E-state index < -0.39 is 0 Å². The molecule has 10 heteroatoms. The maximum Gasteiger partial charge on any atom is 0.0407 e. The maximum absolute atomic E-state index is 5.55. The Hall–Kier alpha value is -0.100. The molecule has 0 radical (unpaired) electrons. The van der Waals surface area contributed by atoms with Gasteiger partial charge in [-0.2, -0.15) is 27.0 Å². The molecule has 0 spiro atoms. The van der Waals surface area contributed by atoms with Gasteiger partial charge < -0.3 is 0 Å². The van der Waals surface area contributed by atoms with E-state index in [1.807, 2.05) is 0 Å². The van der Waals surface area contributed by atoms with Crippen molar-refractivity contribution in [2.75, 3.05) is 0 Å². The van der Waals surface area contributed by atoms with E-state index in [0.29, 0.717) is 0 Å². The summed E-state index contributed by atoms with van der Waals surface area (Å²) in [6.45, 7) is 0. The van der Waals surface area contributed by atoms with E-state index in [4.69, 9.17) is 92.8 Å². The van der Waals surface area contributed by atoms with E-state index in [2.05, 4.69) is 0 Å². The first-order valence-electron chi connectivity index (χ1n) is 8.80. The van der Waals surface area contributed by atoms with Crippen LogP contribution in [0.5, 0.6) is 0 Å². The van der Waals surface area contributed by atoms with Gasteiger partial charge in [0.2, 0.25) is 0 Å². The van der Waals surface area contributed by atoms with E-state index in [1.54, 1.807) is 97.1 Å². The summed E-state index contributed by atoms with van der Waals surface area (Å²) in [6, 6.07) is 28.1. The molecule has 0 nitrogen and oxygen atoms in total. The molecule has 4 aromatic carbocycles. The molecule has 0 fully saturated rings. The summed E-state index contributed by atoms with van der Waals surface area (Å²) in [6.07, 6.45) is 0. The fourth-order valence-corrected chi connectivity index (χ4v) is 2.73. The lowest BCUT2D eigenvalue weighted by molar-refractivity contribution is 1.71. The molecule has 0 bridgehead atoms. The zero-order valence-corrected chi connectivity index (χ0v) is 25.3. The smallest absolute Gasteiger partial charge is 0.0407 e. The average molecular weight is 656 g/mol. The standard InChI is InChI=1S/4C6H4Cl2.2H2S/c4*7-5-1-2-6(8)4-3-5;;/h4*1-4H;2*1H2. The summed E-state index contributed by atoms with van der Waals surface area (Å²) in [4.78, 5) is 0. The second-order valence-electron chi connectivity index (χ2n) is 5.75. The summed E-state index contributed by atoms with van der Waals surface area (Å²) in [5.41, 5.74) is 0. The Balaban J connectivity index is 0. The summed E-state index contributed by atoms with van der Waals surface area (Å²) < 4.78 is 0.